The van der Waals surface area contributed by atoms with Crippen LogP contribution in [0.25, 0.3) is 0 Å². The van der Waals surface area contributed by atoms with Gasteiger partial charge in [-0.2, -0.15) is 0 Å². The molecule has 0 aliphatic rings. The summed E-state index contributed by atoms with van der Waals surface area (Å²) in [5, 5.41) is 0. The molecule has 1 heterocycles. The molecule has 0 aliphatic heterocycles. The van der Waals surface area contributed by atoms with E-state index in [0.29, 0.717) is 12.1 Å². The molecule has 4 heteroatoms. The van der Waals surface area contributed by atoms with Crippen molar-refractivity contribution in [3.8, 4) is 0 Å². The van der Waals surface area contributed by atoms with E-state index in [9.17, 15) is 4.39 Å². The molecule has 0 fully saturated rings. The molecule has 0 spiro atoms. The van der Waals surface area contributed by atoms with E-state index in [1.807, 2.05) is 37.9 Å². The highest BCUT2D eigenvalue weighted by Crippen LogP contribution is 2.15. The van der Waals surface area contributed by atoms with Crippen molar-refractivity contribution >= 4 is 5.82 Å². The Labute approximate surface area is 106 Å². The van der Waals surface area contributed by atoms with Crippen molar-refractivity contribution in [3.05, 3.63) is 53.2 Å². The van der Waals surface area contributed by atoms with Crippen molar-refractivity contribution in [2.24, 2.45) is 0 Å². The van der Waals surface area contributed by atoms with Crippen LogP contribution in [-0.2, 0) is 6.54 Å². The van der Waals surface area contributed by atoms with E-state index >= 15 is 0 Å². The summed E-state index contributed by atoms with van der Waals surface area (Å²) in [7, 11) is 1.90. The van der Waals surface area contributed by atoms with E-state index in [1.165, 1.54) is 6.07 Å². The predicted molar refractivity (Wildman–Crippen MR) is 70.0 cm³/mol. The Hall–Kier alpha value is -1.97. The Kier molecular flexibility index (Phi) is 3.55. The molecule has 94 valence electrons. The van der Waals surface area contributed by atoms with Gasteiger partial charge in [0.2, 0.25) is 0 Å². The normalized spacial score (nSPS) is 10.4. The van der Waals surface area contributed by atoms with Crippen molar-refractivity contribution in [2.75, 3.05) is 11.9 Å². The molecule has 3 nitrogen and oxygen atoms in total. The SMILES string of the molecule is Cc1cc(N(C)Cc2ccccc2F)nc(C)n1. The van der Waals surface area contributed by atoms with Gasteiger partial charge in [-0.15, -0.1) is 0 Å². The zero-order valence-electron chi connectivity index (χ0n) is 10.8. The smallest absolute Gasteiger partial charge is 0.132 e. The van der Waals surface area contributed by atoms with Crippen molar-refractivity contribution in [1.29, 1.82) is 0 Å². The molecule has 18 heavy (non-hydrogen) atoms. The van der Waals surface area contributed by atoms with Gasteiger partial charge in [0.15, 0.2) is 0 Å². The summed E-state index contributed by atoms with van der Waals surface area (Å²) < 4.78 is 13.6. The van der Waals surface area contributed by atoms with Gasteiger partial charge in [-0.25, -0.2) is 14.4 Å². The molecule has 0 unspecified atom stereocenters. The topological polar surface area (TPSA) is 29.0 Å². The van der Waals surface area contributed by atoms with E-state index in [0.717, 1.165) is 17.3 Å². The minimum Gasteiger partial charge on any atom is -0.355 e. The van der Waals surface area contributed by atoms with Gasteiger partial charge in [0.25, 0.3) is 0 Å². The number of rotatable bonds is 3. The number of halogens is 1. The lowest BCUT2D eigenvalue weighted by Gasteiger charge is -2.19. The Morgan fingerprint density at radius 1 is 1.17 bits per heavy atom. The third kappa shape index (κ3) is 2.83. The van der Waals surface area contributed by atoms with Crippen LogP contribution in [0.2, 0.25) is 0 Å². The molecule has 2 rings (SSSR count). The van der Waals surface area contributed by atoms with Gasteiger partial charge in [0, 0.05) is 30.9 Å². The van der Waals surface area contributed by atoms with E-state index in [1.54, 1.807) is 12.1 Å². The second kappa shape index (κ2) is 5.12. The lowest BCUT2D eigenvalue weighted by atomic mass is 10.2. The minimum atomic E-state index is -0.188. The molecule has 0 radical (unpaired) electrons. The number of aryl methyl sites for hydroxylation is 2. The molecular weight excluding hydrogens is 229 g/mol. The van der Waals surface area contributed by atoms with Gasteiger partial charge in [-0.3, -0.25) is 0 Å². The van der Waals surface area contributed by atoms with E-state index in [2.05, 4.69) is 9.97 Å². The standard InChI is InChI=1S/C14H16FN3/c1-10-8-14(17-11(2)16-10)18(3)9-12-6-4-5-7-13(12)15/h4-8H,9H2,1-3H3. The minimum absolute atomic E-state index is 0.188. The quantitative estimate of drug-likeness (QED) is 0.832. The average molecular weight is 245 g/mol. The Morgan fingerprint density at radius 2 is 1.89 bits per heavy atom. The maximum Gasteiger partial charge on any atom is 0.132 e. The molecule has 0 aliphatic carbocycles. The Bertz CT molecular complexity index is 534. The van der Waals surface area contributed by atoms with Gasteiger partial charge in [0.1, 0.15) is 17.5 Å². The average Bonchev–Trinajstić information content (AvgIpc) is 2.31. The molecule has 0 bridgehead atoms. The lowest BCUT2D eigenvalue weighted by molar-refractivity contribution is 0.607. The van der Waals surface area contributed by atoms with Crippen LogP contribution >= 0.6 is 0 Å². The zero-order valence-corrected chi connectivity index (χ0v) is 10.8. The summed E-state index contributed by atoms with van der Waals surface area (Å²) in [6, 6.07) is 8.68. The molecule has 2 aromatic rings. The number of anilines is 1. The highest BCUT2D eigenvalue weighted by Gasteiger charge is 2.08. The highest BCUT2D eigenvalue weighted by molar-refractivity contribution is 5.39. The van der Waals surface area contributed by atoms with E-state index in [-0.39, 0.29) is 5.82 Å². The van der Waals surface area contributed by atoms with Gasteiger partial charge in [0.05, 0.1) is 0 Å². The molecule has 0 saturated heterocycles. The first-order valence-electron chi connectivity index (χ1n) is 5.83. The van der Waals surface area contributed by atoms with Gasteiger partial charge >= 0.3 is 0 Å². The third-order valence-electron chi connectivity index (χ3n) is 2.71. The summed E-state index contributed by atoms with van der Waals surface area (Å²) in [6.45, 7) is 4.27. The van der Waals surface area contributed by atoms with Crippen molar-refractivity contribution in [1.82, 2.24) is 9.97 Å². The van der Waals surface area contributed by atoms with Crippen LogP contribution in [0, 0.1) is 19.7 Å². The van der Waals surface area contributed by atoms with Crippen LogP contribution in [0.4, 0.5) is 10.2 Å². The fourth-order valence-electron chi connectivity index (χ4n) is 1.86. The Morgan fingerprint density at radius 3 is 2.56 bits per heavy atom. The first-order chi connectivity index (χ1) is 8.56. The summed E-state index contributed by atoms with van der Waals surface area (Å²) in [6.07, 6.45) is 0. The van der Waals surface area contributed by atoms with Crippen molar-refractivity contribution < 1.29 is 4.39 Å². The maximum atomic E-state index is 13.6. The van der Waals surface area contributed by atoms with Crippen LogP contribution in [0.15, 0.2) is 30.3 Å². The Balaban J connectivity index is 2.22. The molecule has 1 aromatic carbocycles. The largest absolute Gasteiger partial charge is 0.355 e. The number of nitrogens with zero attached hydrogens (tertiary/aromatic N) is 3. The van der Waals surface area contributed by atoms with Gasteiger partial charge in [-0.05, 0) is 19.9 Å². The molecule has 0 N–H and O–H groups in total. The van der Waals surface area contributed by atoms with E-state index < -0.39 is 0 Å². The second-order valence-corrected chi connectivity index (χ2v) is 4.36. The summed E-state index contributed by atoms with van der Waals surface area (Å²) in [5.74, 6) is 1.35. The van der Waals surface area contributed by atoms with Gasteiger partial charge < -0.3 is 4.90 Å². The van der Waals surface area contributed by atoms with Gasteiger partial charge in [-0.1, -0.05) is 18.2 Å². The summed E-state index contributed by atoms with van der Waals surface area (Å²) >= 11 is 0. The molecule has 0 saturated carbocycles. The zero-order chi connectivity index (χ0) is 13.1. The number of benzene rings is 1. The first-order valence-corrected chi connectivity index (χ1v) is 5.83. The monoisotopic (exact) mass is 245 g/mol. The first kappa shape index (κ1) is 12.5. The summed E-state index contributed by atoms with van der Waals surface area (Å²) in [4.78, 5) is 10.5. The van der Waals surface area contributed by atoms with Crippen LogP contribution in [0.3, 0.4) is 0 Å². The van der Waals surface area contributed by atoms with Crippen LogP contribution in [-0.4, -0.2) is 17.0 Å². The van der Waals surface area contributed by atoms with Crippen molar-refractivity contribution in [3.63, 3.8) is 0 Å². The molecular formula is C14H16FN3. The van der Waals surface area contributed by atoms with Crippen LogP contribution in [0.1, 0.15) is 17.1 Å². The van der Waals surface area contributed by atoms with Crippen LogP contribution in [0.5, 0.6) is 0 Å². The number of aromatic nitrogens is 2. The van der Waals surface area contributed by atoms with Crippen molar-refractivity contribution in [2.45, 2.75) is 20.4 Å². The van der Waals surface area contributed by atoms with E-state index in [4.69, 9.17) is 0 Å². The van der Waals surface area contributed by atoms with Crippen LogP contribution < -0.4 is 4.90 Å². The third-order valence-corrected chi connectivity index (χ3v) is 2.71. The predicted octanol–water partition coefficient (Wildman–Crippen LogP) is 2.87. The highest BCUT2D eigenvalue weighted by atomic mass is 19.1. The fraction of sp³-hybridized carbons (Fsp3) is 0.286. The molecule has 0 atom stereocenters. The molecule has 1 aromatic heterocycles. The molecule has 0 amide bonds. The second-order valence-electron chi connectivity index (χ2n) is 4.36. The number of hydrogen-bond acceptors (Lipinski definition) is 3. The number of hydrogen-bond donors (Lipinski definition) is 0. The fourth-order valence-corrected chi connectivity index (χ4v) is 1.86. The lowest BCUT2D eigenvalue weighted by Crippen LogP contribution is -2.19. The maximum absolute atomic E-state index is 13.6. The summed E-state index contributed by atoms with van der Waals surface area (Å²) in [5.41, 5.74) is 1.58.